The first kappa shape index (κ1) is 36.5. The van der Waals surface area contributed by atoms with Crippen LogP contribution in [0.4, 0.5) is 34.1 Å². The van der Waals surface area contributed by atoms with Gasteiger partial charge in [0.2, 0.25) is 0 Å². The topological polar surface area (TPSA) is 15.7 Å². The molecule has 11 aromatic carbocycles. The van der Waals surface area contributed by atoms with Crippen LogP contribution >= 0.6 is 0 Å². The Morgan fingerprint density at radius 1 is 0.286 bits per heavy atom. The second-order valence-electron chi connectivity index (χ2n) is 16.0. The van der Waals surface area contributed by atoms with Crippen molar-refractivity contribution < 1.29 is 4.74 Å². The smallest absolute Gasteiger partial charge is 0.143 e. The summed E-state index contributed by atoms with van der Waals surface area (Å²) < 4.78 is 7.23. The first-order chi connectivity index (χ1) is 31.3. The first-order valence-electron chi connectivity index (χ1n) is 21.5. The van der Waals surface area contributed by atoms with Crippen molar-refractivity contribution in [3.05, 3.63) is 243 Å². The van der Waals surface area contributed by atoms with Gasteiger partial charge in [-0.25, -0.2) is 0 Å². The van der Waals surface area contributed by atoms with E-state index in [1.165, 1.54) is 16.3 Å². The van der Waals surface area contributed by atoms with Crippen molar-refractivity contribution >= 4 is 66.4 Å². The summed E-state index contributed by atoms with van der Waals surface area (Å²) in [5.74, 6) is 1.73. The third kappa shape index (κ3) is 6.21. The second kappa shape index (κ2) is 15.3. The Morgan fingerprint density at radius 3 is 1.27 bits per heavy atom. The summed E-state index contributed by atoms with van der Waals surface area (Å²) in [5.41, 5.74) is 13.4. The van der Waals surface area contributed by atoms with Gasteiger partial charge in [0.05, 0.1) is 11.4 Å². The minimum Gasteiger partial charge on any atom is -0.455 e. The second-order valence-corrected chi connectivity index (χ2v) is 16.0. The summed E-state index contributed by atoms with van der Waals surface area (Å²) in [7, 11) is 0. The van der Waals surface area contributed by atoms with Crippen LogP contribution in [-0.4, -0.2) is 0 Å². The molecule has 0 aliphatic carbocycles. The highest BCUT2D eigenvalue weighted by atomic mass is 16.5. The van der Waals surface area contributed by atoms with Crippen LogP contribution in [0.5, 0.6) is 11.5 Å². The summed E-state index contributed by atoms with van der Waals surface area (Å²) in [5, 5.41) is 6.97. The van der Waals surface area contributed by atoms with Gasteiger partial charge in [0, 0.05) is 50.0 Å². The van der Waals surface area contributed by atoms with Crippen molar-refractivity contribution in [1.82, 2.24) is 0 Å². The molecule has 0 unspecified atom stereocenters. The fourth-order valence-corrected chi connectivity index (χ4v) is 9.60. The lowest BCUT2D eigenvalue weighted by Gasteiger charge is -2.28. The zero-order valence-electron chi connectivity index (χ0n) is 34.4. The van der Waals surface area contributed by atoms with E-state index < -0.39 is 0 Å². The molecule has 1 aliphatic heterocycles. The van der Waals surface area contributed by atoms with Crippen LogP contribution in [-0.2, 0) is 0 Å². The SMILES string of the molecule is c1ccc(N(c2ccccc2)c2ccc(-c3ccc4c(c3)Oc3c(-c5ccc(N(c6ccccc6)c6ccccc6)c6ccccc56)ccc5cccc-4c35)c3ccccc23)cc1. The normalized spacial score (nSPS) is 11.6. The number of fused-ring (bicyclic) bond motifs is 4. The van der Waals surface area contributed by atoms with Crippen LogP contribution in [0, 0.1) is 0 Å². The number of rotatable bonds is 8. The molecule has 0 spiro atoms. The average Bonchev–Trinajstić information content (AvgIpc) is 3.36. The highest BCUT2D eigenvalue weighted by molar-refractivity contribution is 6.13. The molecule has 0 fully saturated rings. The number of hydrogen-bond donors (Lipinski definition) is 0. The Kier molecular flexibility index (Phi) is 8.83. The van der Waals surface area contributed by atoms with Crippen LogP contribution in [0.1, 0.15) is 0 Å². The molecule has 1 heterocycles. The van der Waals surface area contributed by atoms with Crippen LogP contribution in [0.3, 0.4) is 0 Å². The van der Waals surface area contributed by atoms with E-state index >= 15 is 0 Å². The largest absolute Gasteiger partial charge is 0.455 e. The summed E-state index contributed by atoms with van der Waals surface area (Å²) in [6, 6.07) is 86.8. The minimum atomic E-state index is 0.851. The van der Waals surface area contributed by atoms with Crippen LogP contribution in [0.15, 0.2) is 243 Å². The zero-order chi connectivity index (χ0) is 41.7. The fourth-order valence-electron chi connectivity index (χ4n) is 9.60. The highest BCUT2D eigenvalue weighted by Crippen LogP contribution is 2.53. The molecule has 0 saturated carbocycles. The maximum absolute atomic E-state index is 7.23. The summed E-state index contributed by atoms with van der Waals surface area (Å²) in [4.78, 5) is 4.69. The van der Waals surface area contributed by atoms with Crippen molar-refractivity contribution in [1.29, 1.82) is 0 Å². The molecule has 0 saturated heterocycles. The molecule has 3 nitrogen and oxygen atoms in total. The molecule has 11 aromatic rings. The molecule has 0 amide bonds. The Hall–Kier alpha value is -8.40. The van der Waals surface area contributed by atoms with Gasteiger partial charge in [0.25, 0.3) is 0 Å². The molecule has 0 N–H and O–H groups in total. The standard InChI is InChI=1S/C60H40N2O/c1-5-19-43(20-6-1)61(44-21-7-2-8-22-44)56-38-36-47(48-27-13-15-29-51(48)56)42-33-34-53-54-31-17-18-41-32-35-55(60(59(41)54)63-58(53)40-42)50-37-39-57(52-30-16-14-28-49(50)52)62(45-23-9-3-10-24-45)46-25-11-4-12-26-46/h1-40H. The molecule has 0 aromatic heterocycles. The third-order valence-electron chi connectivity index (χ3n) is 12.4. The number of anilines is 6. The van der Waals surface area contributed by atoms with E-state index in [1.54, 1.807) is 0 Å². The monoisotopic (exact) mass is 804 g/mol. The van der Waals surface area contributed by atoms with Crippen molar-refractivity contribution in [2.45, 2.75) is 0 Å². The molecular weight excluding hydrogens is 765 g/mol. The van der Waals surface area contributed by atoms with Crippen molar-refractivity contribution in [3.8, 4) is 44.9 Å². The van der Waals surface area contributed by atoms with E-state index in [4.69, 9.17) is 4.74 Å². The molecule has 296 valence electrons. The van der Waals surface area contributed by atoms with Gasteiger partial charge >= 0.3 is 0 Å². The molecule has 12 rings (SSSR count). The lowest BCUT2D eigenvalue weighted by Crippen LogP contribution is -2.10. The summed E-state index contributed by atoms with van der Waals surface area (Å²) in [6.07, 6.45) is 0. The minimum absolute atomic E-state index is 0.851. The molecule has 1 aliphatic rings. The third-order valence-corrected chi connectivity index (χ3v) is 12.4. The van der Waals surface area contributed by atoms with Crippen molar-refractivity contribution in [2.75, 3.05) is 9.80 Å². The summed E-state index contributed by atoms with van der Waals surface area (Å²) in [6.45, 7) is 0. The first-order valence-corrected chi connectivity index (χ1v) is 21.5. The maximum Gasteiger partial charge on any atom is 0.143 e. The molecule has 0 bridgehead atoms. The molecule has 0 radical (unpaired) electrons. The van der Waals surface area contributed by atoms with Gasteiger partial charge in [0.1, 0.15) is 11.5 Å². The van der Waals surface area contributed by atoms with Gasteiger partial charge in [-0.15, -0.1) is 0 Å². The van der Waals surface area contributed by atoms with E-state index in [0.29, 0.717) is 0 Å². The van der Waals surface area contributed by atoms with Crippen LogP contribution < -0.4 is 14.5 Å². The fraction of sp³-hybridized carbons (Fsp3) is 0. The number of benzene rings is 11. The molecule has 63 heavy (non-hydrogen) atoms. The van der Waals surface area contributed by atoms with Gasteiger partial charge in [-0.2, -0.15) is 0 Å². The number of hydrogen-bond acceptors (Lipinski definition) is 3. The predicted octanol–water partition coefficient (Wildman–Crippen LogP) is 17.2. The van der Waals surface area contributed by atoms with Crippen molar-refractivity contribution in [2.24, 2.45) is 0 Å². The number of para-hydroxylation sites is 4. The summed E-state index contributed by atoms with van der Waals surface area (Å²) >= 11 is 0. The van der Waals surface area contributed by atoms with Gasteiger partial charge in [-0.05, 0) is 117 Å². The molecular formula is C60H40N2O. The van der Waals surface area contributed by atoms with Gasteiger partial charge in [-0.1, -0.05) is 164 Å². The van der Waals surface area contributed by atoms with Gasteiger partial charge < -0.3 is 14.5 Å². The van der Waals surface area contributed by atoms with E-state index in [0.717, 1.165) is 95.0 Å². The lowest BCUT2D eigenvalue weighted by molar-refractivity contribution is 0.489. The van der Waals surface area contributed by atoms with Gasteiger partial charge in [-0.3, -0.25) is 0 Å². The average molecular weight is 805 g/mol. The van der Waals surface area contributed by atoms with Gasteiger partial charge in [0.15, 0.2) is 0 Å². The van der Waals surface area contributed by atoms with Crippen LogP contribution in [0.25, 0.3) is 65.7 Å². The lowest BCUT2D eigenvalue weighted by atomic mass is 9.88. The Morgan fingerprint density at radius 2 is 0.730 bits per heavy atom. The molecule has 0 atom stereocenters. The van der Waals surface area contributed by atoms with E-state index in [9.17, 15) is 0 Å². The molecule has 3 heteroatoms. The van der Waals surface area contributed by atoms with Crippen LogP contribution in [0.2, 0.25) is 0 Å². The van der Waals surface area contributed by atoms with Crippen molar-refractivity contribution in [3.63, 3.8) is 0 Å². The van der Waals surface area contributed by atoms with E-state index in [1.807, 2.05) is 0 Å². The highest BCUT2D eigenvalue weighted by Gasteiger charge is 2.26. The number of ether oxygens (including phenoxy) is 1. The Balaban J connectivity index is 0.993. The predicted molar refractivity (Wildman–Crippen MR) is 265 cm³/mol. The zero-order valence-corrected chi connectivity index (χ0v) is 34.4. The Labute approximate surface area is 367 Å². The maximum atomic E-state index is 7.23. The quantitative estimate of drug-likeness (QED) is 0.152. The van der Waals surface area contributed by atoms with E-state index in [2.05, 4.69) is 252 Å². The Bertz CT molecular complexity index is 3400. The van der Waals surface area contributed by atoms with E-state index in [-0.39, 0.29) is 0 Å². The number of nitrogens with zero attached hydrogens (tertiary/aromatic N) is 2.